The lowest BCUT2D eigenvalue weighted by Crippen LogP contribution is -2.54. The van der Waals surface area contributed by atoms with Crippen molar-refractivity contribution in [2.75, 3.05) is 61.7 Å². The predicted octanol–water partition coefficient (Wildman–Crippen LogP) is 5.15. The summed E-state index contributed by atoms with van der Waals surface area (Å²) in [5.74, 6) is -2.95. The molecule has 5 heterocycles. The molecule has 19 nitrogen and oxygen atoms in total. The second kappa shape index (κ2) is 19.7. The average Bonchev–Trinajstić information content (AvgIpc) is 4.03. The van der Waals surface area contributed by atoms with Crippen LogP contribution in [-0.4, -0.2) is 113 Å². The van der Waals surface area contributed by atoms with Crippen LogP contribution in [0.5, 0.6) is 5.75 Å². The Kier molecular flexibility index (Phi) is 13.4. The Bertz CT molecular complexity index is 2810. The van der Waals surface area contributed by atoms with Crippen LogP contribution in [0.2, 0.25) is 0 Å². The highest BCUT2D eigenvalue weighted by atomic mass is 19.1. The third-order valence-corrected chi connectivity index (χ3v) is 12.1. The maximum absolute atomic E-state index is 14.8. The van der Waals surface area contributed by atoms with Crippen molar-refractivity contribution >= 4 is 86.9 Å². The Labute approximate surface area is 384 Å². The monoisotopic (exact) mass is 915 g/mol. The van der Waals surface area contributed by atoms with Gasteiger partial charge in [0.1, 0.15) is 29.1 Å². The number of rotatable bonds is 18. The van der Waals surface area contributed by atoms with Gasteiger partial charge < -0.3 is 40.8 Å². The van der Waals surface area contributed by atoms with Crippen LogP contribution in [0.15, 0.2) is 60.8 Å². The first-order valence-electron chi connectivity index (χ1n) is 22.1. The summed E-state index contributed by atoms with van der Waals surface area (Å²) in [4.78, 5) is 106. The van der Waals surface area contributed by atoms with Gasteiger partial charge >= 0.3 is 0 Å². The summed E-state index contributed by atoms with van der Waals surface area (Å²) in [6.07, 6.45) is 6.63. The van der Waals surface area contributed by atoms with Gasteiger partial charge in [-0.15, -0.1) is 0 Å². The molecule has 348 valence electrons. The van der Waals surface area contributed by atoms with E-state index in [4.69, 9.17) is 4.74 Å². The number of likely N-dealkylation sites (N-methyl/N-ethyl adjacent to an activating group) is 1. The highest BCUT2D eigenvalue weighted by Gasteiger charge is 2.45. The minimum absolute atomic E-state index is 0.0480. The molecule has 1 fully saturated rings. The number of halogens is 1. The van der Waals surface area contributed by atoms with E-state index < -0.39 is 41.4 Å². The fourth-order valence-corrected chi connectivity index (χ4v) is 8.65. The summed E-state index contributed by atoms with van der Waals surface area (Å²) in [5, 5.41) is 14.8. The molecule has 0 saturated carbocycles. The van der Waals surface area contributed by atoms with Gasteiger partial charge in [-0.25, -0.2) is 4.39 Å². The maximum Gasteiger partial charge on any atom is 0.264 e. The van der Waals surface area contributed by atoms with Crippen molar-refractivity contribution in [3.05, 3.63) is 88.9 Å². The van der Waals surface area contributed by atoms with Gasteiger partial charge in [-0.2, -0.15) is 9.97 Å². The SMILES string of the molecule is CNC(=O)c1c(F)cccc1Nc1nc(Nc2cc3c(cc2OC)CCN3C(=O)CN(C)C(=O)CCCCCCCNc2cccc3c2C(=O)N(C2CCC(=O)NC2=O)C3=O)nc2[nH]ccc12. The molecule has 1 saturated heterocycles. The number of amides is 7. The topological polar surface area (TPSA) is 240 Å². The number of nitrogens with one attached hydrogen (secondary N) is 6. The van der Waals surface area contributed by atoms with Gasteiger partial charge in [0, 0.05) is 57.6 Å². The number of aromatic nitrogens is 3. The predicted molar refractivity (Wildman–Crippen MR) is 246 cm³/mol. The minimum Gasteiger partial charge on any atom is -0.495 e. The number of ether oxygens (including phenoxy) is 1. The number of nitrogens with zero attached hydrogens (tertiary/aromatic N) is 5. The largest absolute Gasteiger partial charge is 0.495 e. The van der Waals surface area contributed by atoms with Crippen LogP contribution in [0.1, 0.15) is 88.0 Å². The second-order valence-electron chi connectivity index (χ2n) is 16.5. The number of carbonyl (C=O) groups excluding carboxylic acids is 7. The van der Waals surface area contributed by atoms with Crippen molar-refractivity contribution in [3.63, 3.8) is 0 Å². The highest BCUT2D eigenvalue weighted by molar-refractivity contribution is 6.25. The molecule has 0 bridgehead atoms. The number of unbranched alkanes of at least 4 members (excludes halogenated alkanes) is 4. The second-order valence-corrected chi connectivity index (χ2v) is 16.5. The Balaban J connectivity index is 0.815. The van der Waals surface area contributed by atoms with Crippen molar-refractivity contribution in [2.24, 2.45) is 0 Å². The van der Waals surface area contributed by atoms with Crippen LogP contribution >= 0.6 is 0 Å². The van der Waals surface area contributed by atoms with E-state index in [0.717, 1.165) is 36.1 Å². The zero-order chi connectivity index (χ0) is 47.4. The molecule has 0 spiro atoms. The highest BCUT2D eigenvalue weighted by Crippen LogP contribution is 2.39. The van der Waals surface area contributed by atoms with Gasteiger partial charge in [0.2, 0.25) is 29.6 Å². The quantitative estimate of drug-likeness (QED) is 0.0493. The molecule has 7 amide bonds. The number of fused-ring (bicyclic) bond motifs is 3. The summed E-state index contributed by atoms with van der Waals surface area (Å²) in [6, 6.07) is 13.6. The lowest BCUT2D eigenvalue weighted by Gasteiger charge is -2.27. The van der Waals surface area contributed by atoms with Gasteiger partial charge in [-0.3, -0.25) is 43.8 Å². The number of H-pyrrole nitrogens is 1. The smallest absolute Gasteiger partial charge is 0.264 e. The van der Waals surface area contributed by atoms with Crippen LogP contribution in [0.3, 0.4) is 0 Å². The average molecular weight is 916 g/mol. The van der Waals surface area contributed by atoms with E-state index in [1.54, 1.807) is 54.5 Å². The number of hydrogen-bond donors (Lipinski definition) is 6. The van der Waals surface area contributed by atoms with E-state index in [9.17, 15) is 38.0 Å². The minimum atomic E-state index is -1.03. The normalized spacial score (nSPS) is 15.3. The lowest BCUT2D eigenvalue weighted by molar-refractivity contribution is -0.136. The number of carbonyl (C=O) groups is 7. The number of methoxy groups -OCH3 is 1. The zero-order valence-electron chi connectivity index (χ0n) is 37.2. The molecule has 6 N–H and O–H groups in total. The van der Waals surface area contributed by atoms with Crippen molar-refractivity contribution in [2.45, 2.75) is 63.8 Å². The Morgan fingerprint density at radius 2 is 1.69 bits per heavy atom. The summed E-state index contributed by atoms with van der Waals surface area (Å²) in [7, 11) is 4.57. The molecule has 8 rings (SSSR count). The summed E-state index contributed by atoms with van der Waals surface area (Å²) in [5.41, 5.74) is 3.47. The molecule has 67 heavy (non-hydrogen) atoms. The molecule has 5 aromatic rings. The number of hydrogen-bond acceptors (Lipinski definition) is 13. The van der Waals surface area contributed by atoms with Gasteiger partial charge in [-0.1, -0.05) is 31.4 Å². The van der Waals surface area contributed by atoms with E-state index in [2.05, 4.69) is 41.5 Å². The van der Waals surface area contributed by atoms with Crippen molar-refractivity contribution in [3.8, 4) is 5.75 Å². The van der Waals surface area contributed by atoms with Gasteiger partial charge in [0.05, 0.1) is 47.1 Å². The molecule has 1 unspecified atom stereocenters. The van der Waals surface area contributed by atoms with E-state index in [0.29, 0.717) is 65.6 Å². The number of piperidine rings is 1. The summed E-state index contributed by atoms with van der Waals surface area (Å²) >= 11 is 0. The molecular formula is C47H50FN11O8. The molecule has 0 radical (unpaired) electrons. The molecule has 3 aromatic carbocycles. The first-order valence-corrected chi connectivity index (χ1v) is 22.1. The third kappa shape index (κ3) is 9.45. The van der Waals surface area contributed by atoms with Crippen molar-refractivity contribution in [1.82, 2.24) is 35.4 Å². The fraction of sp³-hybridized carbons (Fsp3) is 0.340. The Hall–Kier alpha value is -7.90. The van der Waals surface area contributed by atoms with Crippen LogP contribution < -0.4 is 36.2 Å². The van der Waals surface area contributed by atoms with Crippen LogP contribution in [0.25, 0.3) is 11.0 Å². The standard InChI is InChI=1S/C47H50FN11O8/c1-49-44(64)40-29(48)12-10-14-31(40)52-42-28-18-21-51-41(28)55-47(56-42)53-32-24-34-26(23-35(32)67-3)19-22-58(34)38(62)25-57(2)37(61)15-7-5-4-6-8-20-50-30-13-9-11-27-39(30)46(66)59(45(27)65)33-16-17-36(60)54-43(33)63/h9-14,18,21,23-24,33,50H,4-8,15-17,19-20,22,25H2,1-3H3,(H,49,64)(H,54,60,63)(H3,51,52,53,55,56). The zero-order valence-corrected chi connectivity index (χ0v) is 37.2. The summed E-state index contributed by atoms with van der Waals surface area (Å²) in [6.45, 7) is 0.848. The van der Waals surface area contributed by atoms with E-state index in [1.807, 2.05) is 6.07 Å². The molecule has 3 aliphatic rings. The van der Waals surface area contributed by atoms with Crippen LogP contribution in [0.4, 0.5) is 38.9 Å². The van der Waals surface area contributed by atoms with E-state index in [-0.39, 0.29) is 65.9 Å². The molecule has 0 aliphatic carbocycles. The van der Waals surface area contributed by atoms with E-state index in [1.165, 1.54) is 31.2 Å². The molecule has 2 aromatic heterocycles. The molecular weight excluding hydrogens is 866 g/mol. The van der Waals surface area contributed by atoms with Crippen LogP contribution in [0, 0.1) is 5.82 Å². The Morgan fingerprint density at radius 1 is 0.910 bits per heavy atom. The fourth-order valence-electron chi connectivity index (χ4n) is 8.65. The number of imide groups is 2. The Morgan fingerprint density at radius 3 is 2.48 bits per heavy atom. The van der Waals surface area contributed by atoms with Gasteiger partial charge in [0.15, 0.2) is 0 Å². The first-order chi connectivity index (χ1) is 32.4. The lowest BCUT2D eigenvalue weighted by atomic mass is 10.0. The summed E-state index contributed by atoms with van der Waals surface area (Å²) < 4.78 is 20.5. The number of benzene rings is 3. The number of aromatic amines is 1. The van der Waals surface area contributed by atoms with Gasteiger partial charge in [0.25, 0.3) is 17.7 Å². The van der Waals surface area contributed by atoms with E-state index >= 15 is 0 Å². The van der Waals surface area contributed by atoms with Crippen molar-refractivity contribution < 1.29 is 42.7 Å². The molecule has 20 heteroatoms. The van der Waals surface area contributed by atoms with Crippen molar-refractivity contribution in [1.29, 1.82) is 0 Å². The molecule has 3 aliphatic heterocycles. The maximum atomic E-state index is 14.8. The number of anilines is 6. The third-order valence-electron chi connectivity index (χ3n) is 12.1. The first kappa shape index (κ1) is 45.7. The van der Waals surface area contributed by atoms with Crippen LogP contribution in [-0.2, 0) is 25.6 Å². The molecule has 1 atom stereocenters. The van der Waals surface area contributed by atoms with Gasteiger partial charge in [-0.05, 0) is 73.7 Å².